The molecule has 0 unspecified atom stereocenters. The van der Waals surface area contributed by atoms with E-state index in [-0.39, 0.29) is 23.5 Å². The number of aromatic nitrogens is 4. The van der Waals surface area contributed by atoms with E-state index >= 15 is 4.39 Å². The number of nitrogens with one attached hydrogen (secondary N) is 1. The van der Waals surface area contributed by atoms with Crippen molar-refractivity contribution >= 4 is 10.8 Å². The lowest BCUT2D eigenvalue weighted by Crippen LogP contribution is -2.66. The molecule has 2 saturated heterocycles. The molecule has 2 bridgehead atoms. The predicted octanol–water partition coefficient (Wildman–Crippen LogP) is 3.18. The van der Waals surface area contributed by atoms with E-state index < -0.39 is 17.8 Å². The minimum Gasteiger partial charge on any atom is -0.507 e. The first-order valence-corrected chi connectivity index (χ1v) is 9.87. The van der Waals surface area contributed by atoms with Crippen LogP contribution in [0.4, 0.5) is 4.39 Å². The number of benzene rings is 1. The number of rotatable bonds is 3. The van der Waals surface area contributed by atoms with Gasteiger partial charge in [0.15, 0.2) is 12.0 Å². The Bertz CT molecular complexity index is 1050. The van der Waals surface area contributed by atoms with Crippen LogP contribution in [0.5, 0.6) is 11.6 Å². The molecule has 2 aliphatic heterocycles. The number of pyridine rings is 1. The van der Waals surface area contributed by atoms with E-state index in [9.17, 15) is 5.11 Å². The molecule has 7 nitrogen and oxygen atoms in total. The Balaban J connectivity index is 1.38. The Morgan fingerprint density at radius 1 is 1.24 bits per heavy atom. The van der Waals surface area contributed by atoms with Crippen LogP contribution in [0.1, 0.15) is 32.6 Å². The third-order valence-corrected chi connectivity index (χ3v) is 6.04. The Labute approximate surface area is 167 Å². The Morgan fingerprint density at radius 3 is 2.97 bits per heavy atom. The molecule has 2 N–H and O–H groups in total. The van der Waals surface area contributed by atoms with Crippen molar-refractivity contribution in [1.29, 1.82) is 0 Å². The fourth-order valence-corrected chi connectivity index (χ4v) is 4.54. The number of phenolic OH excluding ortho intramolecular Hbond substituents is 1. The van der Waals surface area contributed by atoms with Crippen molar-refractivity contribution in [3.8, 4) is 23.0 Å². The second-order valence-electron chi connectivity index (χ2n) is 8.16. The Kier molecular flexibility index (Phi) is 4.31. The molecule has 2 fully saturated rings. The van der Waals surface area contributed by atoms with Gasteiger partial charge < -0.3 is 15.2 Å². The fraction of sp³-hybridized carbons (Fsp3) is 0.429. The Hall–Kier alpha value is -2.87. The number of hydrogen-bond acceptors (Lipinski definition) is 7. The molecular weight excluding hydrogens is 373 g/mol. The van der Waals surface area contributed by atoms with Crippen LogP contribution >= 0.6 is 0 Å². The molecule has 8 heteroatoms. The van der Waals surface area contributed by atoms with Gasteiger partial charge in [0.2, 0.25) is 0 Å². The summed E-state index contributed by atoms with van der Waals surface area (Å²) in [6, 6.07) is 5.51. The highest BCUT2D eigenvalue weighted by Gasteiger charge is 2.49. The summed E-state index contributed by atoms with van der Waals surface area (Å²) >= 11 is 0. The van der Waals surface area contributed by atoms with Gasteiger partial charge in [0.05, 0.1) is 17.3 Å². The van der Waals surface area contributed by atoms with Gasteiger partial charge in [-0.2, -0.15) is 0 Å². The first-order valence-electron chi connectivity index (χ1n) is 9.87. The van der Waals surface area contributed by atoms with Crippen molar-refractivity contribution in [2.75, 3.05) is 0 Å². The lowest BCUT2D eigenvalue weighted by Gasteiger charge is -2.49. The number of hydrogen-bond donors (Lipinski definition) is 2. The summed E-state index contributed by atoms with van der Waals surface area (Å²) in [7, 11) is 0. The van der Waals surface area contributed by atoms with Crippen LogP contribution in [0.3, 0.4) is 0 Å². The summed E-state index contributed by atoms with van der Waals surface area (Å²) < 4.78 is 20.9. The summed E-state index contributed by atoms with van der Waals surface area (Å²) in [5, 5.41) is 23.6. The van der Waals surface area contributed by atoms with Crippen molar-refractivity contribution in [1.82, 2.24) is 25.5 Å². The van der Waals surface area contributed by atoms with E-state index in [0.29, 0.717) is 12.0 Å². The number of phenols is 1. The number of piperidine rings is 2. The molecule has 0 amide bonds. The molecule has 3 aromatic rings. The Morgan fingerprint density at radius 2 is 2.14 bits per heavy atom. The van der Waals surface area contributed by atoms with Crippen LogP contribution < -0.4 is 10.1 Å². The highest BCUT2D eigenvalue weighted by molar-refractivity contribution is 5.88. The average Bonchev–Trinajstić information content (AvgIpc) is 2.72. The zero-order chi connectivity index (χ0) is 20.0. The molecule has 2 aliphatic rings. The van der Waals surface area contributed by atoms with E-state index in [1.54, 1.807) is 24.5 Å². The van der Waals surface area contributed by atoms with E-state index in [1.807, 2.05) is 13.0 Å². The van der Waals surface area contributed by atoms with E-state index in [0.717, 1.165) is 30.0 Å². The van der Waals surface area contributed by atoms with Gasteiger partial charge in [0.25, 0.3) is 5.88 Å². The highest BCUT2D eigenvalue weighted by atomic mass is 19.1. The van der Waals surface area contributed by atoms with E-state index in [2.05, 4.69) is 25.5 Å². The van der Waals surface area contributed by atoms with Gasteiger partial charge in [-0.15, -0.1) is 10.2 Å². The summed E-state index contributed by atoms with van der Waals surface area (Å²) in [6.45, 7) is 1.92. The second kappa shape index (κ2) is 6.88. The third kappa shape index (κ3) is 3.27. The van der Waals surface area contributed by atoms with Gasteiger partial charge in [-0.05, 0) is 49.8 Å². The van der Waals surface area contributed by atoms with Crippen LogP contribution in [-0.4, -0.2) is 49.1 Å². The quantitative estimate of drug-likeness (QED) is 0.703. The smallest absolute Gasteiger partial charge is 0.252 e. The average molecular weight is 395 g/mol. The topological polar surface area (TPSA) is 93.1 Å². The largest absolute Gasteiger partial charge is 0.507 e. The lowest BCUT2D eigenvalue weighted by molar-refractivity contribution is -0.0350. The van der Waals surface area contributed by atoms with Gasteiger partial charge in [-0.1, -0.05) is 0 Å². The predicted molar refractivity (Wildman–Crippen MR) is 105 cm³/mol. The maximum Gasteiger partial charge on any atom is 0.252 e. The minimum absolute atomic E-state index is 0.0453. The van der Waals surface area contributed by atoms with Gasteiger partial charge >= 0.3 is 0 Å². The van der Waals surface area contributed by atoms with Crippen molar-refractivity contribution in [3.05, 3.63) is 36.8 Å². The maximum atomic E-state index is 15.0. The van der Waals surface area contributed by atoms with Crippen LogP contribution in [-0.2, 0) is 0 Å². The molecular formula is C21H22FN5O2. The maximum absolute atomic E-state index is 15.0. The SMILES string of the molecule is C[C@]12CCC[C@H](C[C@@H](Oc3cnc(-c4cc5ccncc5cc4O)nn3)[C@@H]1F)N2. The van der Waals surface area contributed by atoms with Crippen LogP contribution in [0.15, 0.2) is 36.8 Å². The summed E-state index contributed by atoms with van der Waals surface area (Å²) in [5.74, 6) is 0.512. The number of aromatic hydroxyl groups is 1. The molecule has 2 aromatic heterocycles. The number of nitrogens with zero attached hydrogens (tertiary/aromatic N) is 4. The van der Waals surface area contributed by atoms with Gasteiger partial charge in [-0.3, -0.25) is 4.98 Å². The van der Waals surface area contributed by atoms with Crippen molar-refractivity contribution in [2.45, 2.75) is 56.5 Å². The number of alkyl halides is 1. The van der Waals surface area contributed by atoms with Crippen molar-refractivity contribution in [2.24, 2.45) is 0 Å². The summed E-state index contributed by atoms with van der Waals surface area (Å²) in [5.41, 5.74) is -0.0896. The number of ether oxygens (including phenoxy) is 1. The normalized spacial score (nSPS) is 29.0. The molecule has 0 saturated carbocycles. The van der Waals surface area contributed by atoms with Gasteiger partial charge in [0, 0.05) is 30.2 Å². The van der Waals surface area contributed by atoms with Crippen molar-refractivity contribution < 1.29 is 14.2 Å². The second-order valence-corrected chi connectivity index (χ2v) is 8.16. The zero-order valence-corrected chi connectivity index (χ0v) is 16.0. The van der Waals surface area contributed by atoms with Crippen LogP contribution in [0.25, 0.3) is 22.2 Å². The van der Waals surface area contributed by atoms with Crippen LogP contribution in [0.2, 0.25) is 0 Å². The molecule has 1 aromatic carbocycles. The molecule has 4 atom stereocenters. The molecule has 0 radical (unpaired) electrons. The summed E-state index contributed by atoms with van der Waals surface area (Å²) in [4.78, 5) is 8.33. The van der Waals surface area contributed by atoms with Gasteiger partial charge in [0.1, 0.15) is 11.9 Å². The standard InChI is InChI=1S/C21H22FN5O2/c1-21-5-2-3-14(25-21)9-17(19(21)22)29-18-11-24-20(27-26-18)15-7-12-4-6-23-10-13(12)8-16(15)28/h4,6-8,10-11,14,17,19,25,28H,2-3,5,9H2,1H3/t14-,17-,19+,21+/m1/s1. The van der Waals surface area contributed by atoms with E-state index in [4.69, 9.17) is 4.74 Å². The summed E-state index contributed by atoms with van der Waals surface area (Å²) in [6.07, 6.45) is 6.55. The third-order valence-electron chi connectivity index (χ3n) is 6.04. The minimum atomic E-state index is -1.13. The zero-order valence-electron chi connectivity index (χ0n) is 16.0. The van der Waals surface area contributed by atoms with Gasteiger partial charge in [-0.25, -0.2) is 9.37 Å². The number of halogens is 1. The molecule has 4 heterocycles. The van der Waals surface area contributed by atoms with Crippen molar-refractivity contribution in [3.63, 3.8) is 0 Å². The molecule has 29 heavy (non-hydrogen) atoms. The molecule has 0 aliphatic carbocycles. The fourth-order valence-electron chi connectivity index (χ4n) is 4.54. The van der Waals surface area contributed by atoms with E-state index in [1.165, 1.54) is 6.20 Å². The lowest BCUT2D eigenvalue weighted by atomic mass is 9.75. The monoisotopic (exact) mass is 395 g/mol. The first-order chi connectivity index (χ1) is 14.0. The van der Waals surface area contributed by atoms with Crippen LogP contribution in [0, 0.1) is 0 Å². The molecule has 150 valence electrons. The highest BCUT2D eigenvalue weighted by Crippen LogP contribution is 2.37. The molecule has 5 rings (SSSR count). The number of fused-ring (bicyclic) bond motifs is 3. The first kappa shape index (κ1) is 18.2. The molecule has 0 spiro atoms.